The first kappa shape index (κ1) is 22.2. The zero-order chi connectivity index (χ0) is 21.2. The van der Waals surface area contributed by atoms with Gasteiger partial charge in [-0.1, -0.05) is 30.3 Å². The van der Waals surface area contributed by atoms with Crippen molar-refractivity contribution in [3.8, 4) is 0 Å². The summed E-state index contributed by atoms with van der Waals surface area (Å²) >= 11 is 0. The minimum atomic E-state index is -0.756. The number of ether oxygens (including phenoxy) is 2. The fourth-order valence-electron chi connectivity index (χ4n) is 2.82. The molecular weight excluding hydrogens is 382 g/mol. The van der Waals surface area contributed by atoms with Gasteiger partial charge in [0.05, 0.1) is 25.8 Å². The molecule has 10 nitrogen and oxygen atoms in total. The third-order valence-corrected chi connectivity index (χ3v) is 4.28. The van der Waals surface area contributed by atoms with Crippen LogP contribution < -0.4 is 5.32 Å². The quantitative estimate of drug-likeness (QED) is 0.557. The van der Waals surface area contributed by atoms with Crippen molar-refractivity contribution in [3.63, 3.8) is 0 Å². The van der Waals surface area contributed by atoms with E-state index in [4.69, 9.17) is 9.47 Å². The molecule has 0 unspecified atom stereocenters. The second kappa shape index (κ2) is 11.0. The first-order chi connectivity index (χ1) is 13.9. The Labute approximate surface area is 168 Å². The minimum absolute atomic E-state index is 0.0429. The van der Waals surface area contributed by atoms with E-state index < -0.39 is 36.5 Å². The molecule has 0 saturated carbocycles. The Morgan fingerprint density at radius 2 is 1.93 bits per heavy atom. The molecule has 1 aromatic rings. The summed E-state index contributed by atoms with van der Waals surface area (Å²) < 4.78 is 9.85. The van der Waals surface area contributed by atoms with E-state index in [1.165, 1.54) is 9.80 Å². The van der Waals surface area contributed by atoms with Gasteiger partial charge < -0.3 is 29.7 Å². The van der Waals surface area contributed by atoms with Crippen LogP contribution in [0.1, 0.15) is 12.5 Å². The van der Waals surface area contributed by atoms with Crippen LogP contribution in [-0.2, 0) is 30.5 Å². The van der Waals surface area contributed by atoms with Gasteiger partial charge in [-0.25, -0.2) is 4.79 Å². The fourth-order valence-corrected chi connectivity index (χ4v) is 2.82. The Balaban J connectivity index is 1.81. The van der Waals surface area contributed by atoms with Gasteiger partial charge in [-0.15, -0.1) is 0 Å². The molecule has 2 N–H and O–H groups in total. The Morgan fingerprint density at radius 1 is 1.21 bits per heavy atom. The van der Waals surface area contributed by atoms with Crippen molar-refractivity contribution in [2.75, 3.05) is 39.4 Å². The second-order valence-corrected chi connectivity index (χ2v) is 6.35. The van der Waals surface area contributed by atoms with Gasteiger partial charge in [0.2, 0.25) is 11.8 Å². The molecule has 158 valence electrons. The summed E-state index contributed by atoms with van der Waals surface area (Å²) in [5.41, 5.74) is 0.808. The van der Waals surface area contributed by atoms with Gasteiger partial charge >= 0.3 is 12.1 Å². The number of piperazine rings is 1. The predicted molar refractivity (Wildman–Crippen MR) is 100 cm³/mol. The van der Waals surface area contributed by atoms with Crippen LogP contribution >= 0.6 is 0 Å². The molecule has 29 heavy (non-hydrogen) atoms. The van der Waals surface area contributed by atoms with E-state index in [1.807, 2.05) is 18.2 Å². The van der Waals surface area contributed by atoms with Gasteiger partial charge in [0.25, 0.3) is 0 Å². The molecule has 1 fully saturated rings. The first-order valence-electron chi connectivity index (χ1n) is 9.22. The van der Waals surface area contributed by atoms with Crippen molar-refractivity contribution in [3.05, 3.63) is 35.9 Å². The molecule has 1 saturated heterocycles. The lowest BCUT2D eigenvalue weighted by Crippen LogP contribution is -2.61. The van der Waals surface area contributed by atoms with Crippen LogP contribution in [0.4, 0.5) is 4.79 Å². The third-order valence-electron chi connectivity index (χ3n) is 4.28. The average Bonchev–Trinajstić information content (AvgIpc) is 2.72. The minimum Gasteiger partial charge on any atom is -0.465 e. The number of hydrogen-bond donors (Lipinski definition) is 2. The molecule has 0 radical (unpaired) electrons. The number of amides is 3. The zero-order valence-corrected chi connectivity index (χ0v) is 16.2. The number of hydrogen-bond acceptors (Lipinski definition) is 7. The topological polar surface area (TPSA) is 125 Å². The van der Waals surface area contributed by atoms with E-state index >= 15 is 0 Å². The summed E-state index contributed by atoms with van der Waals surface area (Å²) in [7, 11) is 0. The van der Waals surface area contributed by atoms with Gasteiger partial charge in [0, 0.05) is 6.54 Å². The Morgan fingerprint density at radius 3 is 2.59 bits per heavy atom. The lowest BCUT2D eigenvalue weighted by atomic mass is 10.1. The number of benzene rings is 1. The Kier molecular flexibility index (Phi) is 8.41. The van der Waals surface area contributed by atoms with Crippen molar-refractivity contribution in [2.24, 2.45) is 0 Å². The predicted octanol–water partition coefficient (Wildman–Crippen LogP) is -0.492. The Bertz CT molecular complexity index is 726. The van der Waals surface area contributed by atoms with E-state index in [-0.39, 0.29) is 39.4 Å². The molecule has 0 bridgehead atoms. The number of aliphatic hydroxyl groups is 1. The highest BCUT2D eigenvalue weighted by molar-refractivity contribution is 5.90. The molecule has 0 spiro atoms. The van der Waals surface area contributed by atoms with Gasteiger partial charge in [-0.3, -0.25) is 14.4 Å². The van der Waals surface area contributed by atoms with E-state index in [2.05, 4.69) is 5.32 Å². The van der Waals surface area contributed by atoms with Crippen molar-refractivity contribution in [1.82, 2.24) is 15.1 Å². The highest BCUT2D eigenvalue weighted by Gasteiger charge is 2.35. The molecule has 3 amide bonds. The maximum absolute atomic E-state index is 12.3. The highest BCUT2D eigenvalue weighted by atomic mass is 16.5. The molecule has 2 rings (SSSR count). The van der Waals surface area contributed by atoms with Crippen LogP contribution in [0.5, 0.6) is 0 Å². The number of carbonyl (C=O) groups is 4. The largest absolute Gasteiger partial charge is 0.465 e. The van der Waals surface area contributed by atoms with E-state index in [0.29, 0.717) is 0 Å². The summed E-state index contributed by atoms with van der Waals surface area (Å²) in [6, 6.07) is 8.35. The van der Waals surface area contributed by atoms with Crippen molar-refractivity contribution < 1.29 is 33.8 Å². The monoisotopic (exact) mass is 407 g/mol. The molecule has 0 aromatic heterocycles. The molecule has 1 aromatic carbocycles. The maximum Gasteiger partial charge on any atom is 0.407 e. The number of carbonyl (C=O) groups excluding carboxylic acids is 4. The summed E-state index contributed by atoms with van der Waals surface area (Å²) in [5.74, 6) is -1.56. The fraction of sp³-hybridized carbons (Fsp3) is 0.474. The molecule has 10 heteroatoms. The summed E-state index contributed by atoms with van der Waals surface area (Å²) in [6.07, 6.45) is -0.756. The van der Waals surface area contributed by atoms with Crippen molar-refractivity contribution >= 4 is 23.9 Å². The smallest absolute Gasteiger partial charge is 0.407 e. The van der Waals surface area contributed by atoms with Gasteiger partial charge in [0.1, 0.15) is 19.7 Å². The van der Waals surface area contributed by atoms with Crippen molar-refractivity contribution in [1.29, 1.82) is 0 Å². The molecule has 1 aliphatic rings. The molecule has 1 heterocycles. The zero-order valence-electron chi connectivity index (χ0n) is 16.2. The van der Waals surface area contributed by atoms with E-state index in [1.54, 1.807) is 19.1 Å². The average molecular weight is 407 g/mol. The summed E-state index contributed by atoms with van der Waals surface area (Å²) in [5, 5.41) is 11.9. The lowest BCUT2D eigenvalue weighted by molar-refractivity contribution is -0.157. The number of nitrogens with zero attached hydrogens (tertiary/aromatic N) is 2. The van der Waals surface area contributed by atoms with E-state index in [0.717, 1.165) is 5.56 Å². The molecule has 1 aliphatic heterocycles. The number of aliphatic hydroxyl groups excluding tert-OH is 1. The summed E-state index contributed by atoms with van der Waals surface area (Å²) in [4.78, 5) is 50.5. The molecule has 1 atom stereocenters. The highest BCUT2D eigenvalue weighted by Crippen LogP contribution is 2.11. The number of alkyl carbamates (subject to hydrolysis) is 1. The Hall–Kier alpha value is -3.14. The van der Waals surface area contributed by atoms with Gasteiger partial charge in [0.15, 0.2) is 0 Å². The SMILES string of the molecule is CCOC(=O)CN1C(=O)CN(C(=O)CNC(=O)OCc2ccccc2)C[C@H]1CO. The van der Waals surface area contributed by atoms with E-state index in [9.17, 15) is 24.3 Å². The summed E-state index contributed by atoms with van der Waals surface area (Å²) in [6.45, 7) is 0.636. The van der Waals surface area contributed by atoms with Crippen molar-refractivity contribution in [2.45, 2.75) is 19.6 Å². The van der Waals surface area contributed by atoms with Gasteiger partial charge in [-0.2, -0.15) is 0 Å². The van der Waals surface area contributed by atoms with Crippen LogP contribution in [0.2, 0.25) is 0 Å². The number of esters is 1. The number of nitrogens with one attached hydrogen (secondary N) is 1. The maximum atomic E-state index is 12.3. The molecule has 0 aliphatic carbocycles. The van der Waals surface area contributed by atoms with Crippen LogP contribution in [0, 0.1) is 0 Å². The van der Waals surface area contributed by atoms with Gasteiger partial charge in [-0.05, 0) is 12.5 Å². The third kappa shape index (κ3) is 6.75. The van der Waals surface area contributed by atoms with Crippen LogP contribution in [-0.4, -0.2) is 84.2 Å². The standard InChI is InChI=1S/C19H25N3O7/c1-2-28-18(26)11-22-15(12-23)9-21(10-17(22)25)16(24)8-20-19(27)29-13-14-6-4-3-5-7-14/h3-7,15,23H,2,8-13H2,1H3,(H,20,27)/t15-/m0/s1. The first-order valence-corrected chi connectivity index (χ1v) is 9.22. The second-order valence-electron chi connectivity index (χ2n) is 6.35. The number of rotatable bonds is 8. The molecular formula is C19H25N3O7. The normalized spacial score (nSPS) is 16.3. The van der Waals surface area contributed by atoms with Crippen LogP contribution in [0.3, 0.4) is 0 Å². The van der Waals surface area contributed by atoms with Crippen LogP contribution in [0.15, 0.2) is 30.3 Å². The lowest BCUT2D eigenvalue weighted by Gasteiger charge is -2.39. The van der Waals surface area contributed by atoms with Crippen LogP contribution in [0.25, 0.3) is 0 Å².